The van der Waals surface area contributed by atoms with Gasteiger partial charge >= 0.3 is 0 Å². The zero-order valence-electron chi connectivity index (χ0n) is 15.7. The molecule has 0 N–H and O–H groups in total. The molecule has 1 heterocycles. The minimum absolute atomic E-state index is 0.0334. The van der Waals surface area contributed by atoms with Gasteiger partial charge in [-0.1, -0.05) is 30.7 Å². The molecule has 0 saturated carbocycles. The van der Waals surface area contributed by atoms with E-state index in [0.29, 0.717) is 31.0 Å². The lowest BCUT2D eigenvalue weighted by atomic mass is 10.2. The summed E-state index contributed by atoms with van der Waals surface area (Å²) >= 11 is 6.09. The van der Waals surface area contributed by atoms with Crippen molar-refractivity contribution in [3.63, 3.8) is 0 Å². The maximum atomic E-state index is 12.9. The van der Waals surface area contributed by atoms with Gasteiger partial charge in [-0.15, -0.1) is 0 Å². The van der Waals surface area contributed by atoms with Gasteiger partial charge < -0.3 is 19.3 Å². The van der Waals surface area contributed by atoms with Crippen LogP contribution in [0.25, 0.3) is 0 Å². The number of amides is 1. The van der Waals surface area contributed by atoms with Crippen molar-refractivity contribution in [2.24, 2.45) is 0 Å². The van der Waals surface area contributed by atoms with Gasteiger partial charge in [-0.3, -0.25) is 4.79 Å². The summed E-state index contributed by atoms with van der Waals surface area (Å²) in [6.45, 7) is 4.86. The van der Waals surface area contributed by atoms with Gasteiger partial charge in [-0.2, -0.15) is 0 Å². The highest BCUT2D eigenvalue weighted by atomic mass is 35.5. The van der Waals surface area contributed by atoms with Gasteiger partial charge in [0.25, 0.3) is 5.91 Å². The number of ether oxygens (including phenoxy) is 2. The van der Waals surface area contributed by atoms with Crippen molar-refractivity contribution >= 4 is 23.2 Å². The predicted molar refractivity (Wildman–Crippen MR) is 108 cm³/mol. The molecule has 1 aliphatic heterocycles. The van der Waals surface area contributed by atoms with Gasteiger partial charge in [0, 0.05) is 43.0 Å². The van der Waals surface area contributed by atoms with Crippen LogP contribution < -0.4 is 14.4 Å². The highest BCUT2D eigenvalue weighted by molar-refractivity contribution is 6.30. The summed E-state index contributed by atoms with van der Waals surface area (Å²) in [6, 6.07) is 15.2. The molecule has 0 unspecified atom stereocenters. The average Bonchev–Trinajstić information content (AvgIpc) is 2.72. The molecule has 1 amide bonds. The summed E-state index contributed by atoms with van der Waals surface area (Å²) < 4.78 is 11.2. The molecule has 1 fully saturated rings. The fraction of sp³-hybridized carbons (Fsp3) is 0.381. The summed E-state index contributed by atoms with van der Waals surface area (Å²) in [4.78, 5) is 17.0. The molecule has 6 heteroatoms. The Balaban J connectivity index is 1.59. The third kappa shape index (κ3) is 4.86. The van der Waals surface area contributed by atoms with Gasteiger partial charge in [0.1, 0.15) is 11.5 Å². The van der Waals surface area contributed by atoms with Crippen LogP contribution in [0.4, 0.5) is 5.69 Å². The first-order valence-electron chi connectivity index (χ1n) is 9.20. The van der Waals surface area contributed by atoms with E-state index in [-0.39, 0.29) is 5.91 Å². The number of rotatable bonds is 6. The normalized spacial score (nSPS) is 15.4. The van der Waals surface area contributed by atoms with Crippen molar-refractivity contribution in [3.8, 4) is 11.5 Å². The van der Waals surface area contributed by atoms with Crippen LogP contribution in [-0.4, -0.2) is 50.2 Å². The largest absolute Gasteiger partial charge is 0.497 e. The second-order valence-corrected chi connectivity index (χ2v) is 6.92. The first-order valence-corrected chi connectivity index (χ1v) is 9.58. The Bertz CT molecular complexity index is 776. The van der Waals surface area contributed by atoms with E-state index in [2.05, 4.69) is 4.90 Å². The van der Waals surface area contributed by atoms with Crippen LogP contribution in [0.3, 0.4) is 0 Å². The zero-order chi connectivity index (χ0) is 19.2. The van der Waals surface area contributed by atoms with Crippen molar-refractivity contribution in [1.82, 2.24) is 4.90 Å². The zero-order valence-corrected chi connectivity index (χ0v) is 16.5. The van der Waals surface area contributed by atoms with Crippen molar-refractivity contribution in [3.05, 3.63) is 53.6 Å². The Labute approximate surface area is 165 Å². The number of hydrogen-bond acceptors (Lipinski definition) is 4. The SMILES string of the molecule is CC[C@H](Oc1cccc(OC)c1)C(=O)N1CCN(c2cccc(Cl)c2)CC1. The highest BCUT2D eigenvalue weighted by Gasteiger charge is 2.28. The average molecular weight is 389 g/mol. The van der Waals surface area contributed by atoms with Crippen LogP contribution in [-0.2, 0) is 4.79 Å². The monoisotopic (exact) mass is 388 g/mol. The summed E-state index contributed by atoms with van der Waals surface area (Å²) in [7, 11) is 1.61. The Hall–Kier alpha value is -2.40. The van der Waals surface area contributed by atoms with Gasteiger partial charge in [-0.05, 0) is 36.8 Å². The number of nitrogens with zero attached hydrogens (tertiary/aromatic N) is 2. The highest BCUT2D eigenvalue weighted by Crippen LogP contribution is 2.23. The fourth-order valence-electron chi connectivity index (χ4n) is 3.21. The van der Waals surface area contributed by atoms with E-state index in [0.717, 1.165) is 23.8 Å². The second-order valence-electron chi connectivity index (χ2n) is 6.49. The number of piperazine rings is 1. The number of benzene rings is 2. The van der Waals surface area contributed by atoms with Gasteiger partial charge in [0.2, 0.25) is 0 Å². The van der Waals surface area contributed by atoms with Crippen LogP contribution in [0.5, 0.6) is 11.5 Å². The molecule has 144 valence electrons. The molecular weight excluding hydrogens is 364 g/mol. The molecule has 5 nitrogen and oxygen atoms in total. The summed E-state index contributed by atoms with van der Waals surface area (Å²) in [5.41, 5.74) is 1.09. The molecule has 27 heavy (non-hydrogen) atoms. The smallest absolute Gasteiger partial charge is 0.263 e. The molecule has 0 aromatic heterocycles. The number of halogens is 1. The Morgan fingerprint density at radius 3 is 2.44 bits per heavy atom. The number of anilines is 1. The van der Waals surface area contributed by atoms with Gasteiger partial charge in [0.05, 0.1) is 7.11 Å². The van der Waals surface area contributed by atoms with E-state index in [1.54, 1.807) is 13.2 Å². The van der Waals surface area contributed by atoms with E-state index in [1.165, 1.54) is 0 Å². The molecule has 3 rings (SSSR count). The molecule has 2 aromatic rings. The fourth-order valence-corrected chi connectivity index (χ4v) is 3.39. The molecule has 2 aromatic carbocycles. The number of hydrogen-bond donors (Lipinski definition) is 0. The van der Waals surface area contributed by atoms with Crippen molar-refractivity contribution in [1.29, 1.82) is 0 Å². The lowest BCUT2D eigenvalue weighted by Gasteiger charge is -2.37. The Morgan fingerprint density at radius 2 is 1.78 bits per heavy atom. The van der Waals surface area contributed by atoms with Crippen LogP contribution in [0.15, 0.2) is 48.5 Å². The minimum atomic E-state index is -0.491. The quantitative estimate of drug-likeness (QED) is 0.753. The number of carbonyl (C=O) groups is 1. The molecule has 0 bridgehead atoms. The molecule has 1 atom stereocenters. The summed E-state index contributed by atoms with van der Waals surface area (Å²) in [6.07, 6.45) is 0.125. The minimum Gasteiger partial charge on any atom is -0.497 e. The maximum absolute atomic E-state index is 12.9. The lowest BCUT2D eigenvalue weighted by molar-refractivity contribution is -0.139. The molecule has 0 spiro atoms. The Kier molecular flexibility index (Phi) is 6.45. The lowest BCUT2D eigenvalue weighted by Crippen LogP contribution is -2.52. The van der Waals surface area contributed by atoms with E-state index < -0.39 is 6.10 Å². The van der Waals surface area contributed by atoms with E-state index >= 15 is 0 Å². The molecule has 1 saturated heterocycles. The van der Waals surface area contributed by atoms with Gasteiger partial charge in [0.15, 0.2) is 6.10 Å². The summed E-state index contributed by atoms with van der Waals surface area (Å²) in [5, 5.41) is 0.726. The van der Waals surface area contributed by atoms with E-state index in [4.69, 9.17) is 21.1 Å². The molecule has 1 aliphatic rings. The van der Waals surface area contributed by atoms with Crippen molar-refractivity contribution < 1.29 is 14.3 Å². The van der Waals surface area contributed by atoms with Crippen LogP contribution in [0, 0.1) is 0 Å². The third-order valence-electron chi connectivity index (χ3n) is 4.73. The van der Waals surface area contributed by atoms with E-state index in [9.17, 15) is 4.79 Å². The van der Waals surface area contributed by atoms with Crippen molar-refractivity contribution in [2.45, 2.75) is 19.4 Å². The topological polar surface area (TPSA) is 42.0 Å². The number of methoxy groups -OCH3 is 1. The molecule has 0 radical (unpaired) electrons. The third-order valence-corrected chi connectivity index (χ3v) is 4.97. The number of carbonyl (C=O) groups excluding carboxylic acids is 1. The predicted octanol–water partition coefficient (Wildman–Crippen LogP) is 3.85. The first kappa shape index (κ1) is 19.4. The second kappa shape index (κ2) is 9.00. The van der Waals surface area contributed by atoms with Crippen LogP contribution >= 0.6 is 11.6 Å². The van der Waals surface area contributed by atoms with E-state index in [1.807, 2.05) is 54.3 Å². The molecular formula is C21H25ClN2O3. The van der Waals surface area contributed by atoms with Crippen LogP contribution in [0.2, 0.25) is 5.02 Å². The standard InChI is InChI=1S/C21H25ClN2O3/c1-3-20(27-19-9-5-8-18(15-19)26-2)21(25)24-12-10-23(11-13-24)17-7-4-6-16(22)14-17/h4-9,14-15,20H,3,10-13H2,1-2H3/t20-/m0/s1. The maximum Gasteiger partial charge on any atom is 0.263 e. The van der Waals surface area contributed by atoms with Crippen molar-refractivity contribution in [2.75, 3.05) is 38.2 Å². The molecule has 0 aliphatic carbocycles. The summed E-state index contributed by atoms with van der Waals surface area (Å²) in [5.74, 6) is 1.39. The van der Waals surface area contributed by atoms with Gasteiger partial charge in [-0.25, -0.2) is 0 Å². The first-order chi connectivity index (χ1) is 13.1. The Morgan fingerprint density at radius 1 is 1.07 bits per heavy atom. The van der Waals surface area contributed by atoms with Crippen LogP contribution in [0.1, 0.15) is 13.3 Å².